The van der Waals surface area contributed by atoms with Crippen LogP contribution in [-0.2, 0) is 11.2 Å². The molecule has 0 saturated heterocycles. The quantitative estimate of drug-likeness (QED) is 0.762. The molecule has 1 atom stereocenters. The molecular weight excluding hydrogens is 276 g/mol. The number of ether oxygens (including phenoxy) is 1. The van der Waals surface area contributed by atoms with Gasteiger partial charge in [-0.15, -0.1) is 0 Å². The van der Waals surface area contributed by atoms with Gasteiger partial charge >= 0.3 is 0 Å². The predicted octanol–water partition coefficient (Wildman–Crippen LogP) is 2.47. The molecule has 0 aromatic heterocycles. The third-order valence-corrected chi connectivity index (χ3v) is 4.29. The number of methoxy groups -OCH3 is 1. The van der Waals surface area contributed by atoms with Gasteiger partial charge < -0.3 is 15.0 Å². The molecule has 1 saturated carbocycles. The summed E-state index contributed by atoms with van der Waals surface area (Å²) in [7, 11) is 1.67. The first-order chi connectivity index (χ1) is 10.6. The summed E-state index contributed by atoms with van der Waals surface area (Å²) in [6.07, 6.45) is 3.49. The van der Waals surface area contributed by atoms with Gasteiger partial charge in [-0.2, -0.15) is 0 Å². The summed E-state index contributed by atoms with van der Waals surface area (Å²) >= 11 is 0. The number of hydrogen-bond acceptors (Lipinski definition) is 3. The number of nitrogens with zero attached hydrogens (tertiary/aromatic N) is 1. The lowest BCUT2D eigenvalue weighted by atomic mass is 10.1. The van der Waals surface area contributed by atoms with Crippen LogP contribution >= 0.6 is 0 Å². The Kier molecular flexibility index (Phi) is 6.25. The van der Waals surface area contributed by atoms with Crippen LogP contribution in [0.1, 0.15) is 32.3 Å². The number of rotatable bonds is 9. The number of hydrogen-bond donors (Lipinski definition) is 1. The molecule has 1 N–H and O–H groups in total. The zero-order valence-electron chi connectivity index (χ0n) is 14.0. The molecule has 4 nitrogen and oxygen atoms in total. The molecular formula is C18H28N2O2. The molecule has 1 aliphatic carbocycles. The first-order valence-electron chi connectivity index (χ1n) is 8.27. The second-order valence-corrected chi connectivity index (χ2v) is 6.16. The maximum Gasteiger partial charge on any atom is 0.236 e. The lowest BCUT2D eigenvalue weighted by Gasteiger charge is -2.28. The Morgan fingerprint density at radius 1 is 1.36 bits per heavy atom. The van der Waals surface area contributed by atoms with Crippen LogP contribution in [0.5, 0.6) is 5.75 Å². The number of benzene rings is 1. The molecule has 1 unspecified atom stereocenters. The Morgan fingerprint density at radius 3 is 2.59 bits per heavy atom. The Hall–Kier alpha value is -1.55. The Labute approximate surface area is 133 Å². The summed E-state index contributed by atoms with van der Waals surface area (Å²) in [5.41, 5.74) is 1.23. The third-order valence-electron chi connectivity index (χ3n) is 4.29. The monoisotopic (exact) mass is 304 g/mol. The highest BCUT2D eigenvalue weighted by molar-refractivity contribution is 5.78. The van der Waals surface area contributed by atoms with Crippen molar-refractivity contribution in [2.45, 2.75) is 39.2 Å². The topological polar surface area (TPSA) is 41.6 Å². The third kappa shape index (κ3) is 5.02. The molecule has 0 aliphatic heterocycles. The van der Waals surface area contributed by atoms with E-state index in [0.717, 1.165) is 31.2 Å². The average molecular weight is 304 g/mol. The van der Waals surface area contributed by atoms with Crippen molar-refractivity contribution in [1.29, 1.82) is 0 Å². The largest absolute Gasteiger partial charge is 0.497 e. The van der Waals surface area contributed by atoms with Crippen LogP contribution in [0.3, 0.4) is 0 Å². The molecule has 0 spiro atoms. The summed E-state index contributed by atoms with van der Waals surface area (Å²) < 4.78 is 5.18. The van der Waals surface area contributed by atoms with Gasteiger partial charge in [-0.1, -0.05) is 12.1 Å². The van der Waals surface area contributed by atoms with Crippen LogP contribution in [0.4, 0.5) is 0 Å². The molecule has 22 heavy (non-hydrogen) atoms. The Bertz CT molecular complexity index is 468. The van der Waals surface area contributed by atoms with E-state index in [9.17, 15) is 4.79 Å². The highest BCUT2D eigenvalue weighted by atomic mass is 16.5. The molecule has 4 heteroatoms. The summed E-state index contributed by atoms with van der Waals surface area (Å²) in [5, 5.41) is 3.29. The minimum absolute atomic E-state index is 0.198. The highest BCUT2D eigenvalue weighted by Gasteiger charge is 2.22. The second-order valence-electron chi connectivity index (χ2n) is 6.16. The maximum atomic E-state index is 12.4. The normalized spacial score (nSPS) is 15.4. The molecule has 0 bridgehead atoms. The molecule has 1 amide bonds. The van der Waals surface area contributed by atoms with Gasteiger partial charge in [0.15, 0.2) is 0 Å². The van der Waals surface area contributed by atoms with Gasteiger partial charge in [-0.3, -0.25) is 4.79 Å². The molecule has 1 aromatic rings. The molecule has 2 rings (SSSR count). The summed E-state index contributed by atoms with van der Waals surface area (Å²) in [6, 6.07) is 8.28. The van der Waals surface area contributed by atoms with Gasteiger partial charge in [0.1, 0.15) is 5.75 Å². The van der Waals surface area contributed by atoms with Crippen molar-refractivity contribution in [2.75, 3.05) is 26.7 Å². The van der Waals surface area contributed by atoms with E-state index in [1.807, 2.05) is 24.0 Å². The number of carbonyl (C=O) groups is 1. The maximum absolute atomic E-state index is 12.4. The fraction of sp³-hybridized carbons (Fsp3) is 0.611. The van der Waals surface area contributed by atoms with Gasteiger partial charge in [0.05, 0.1) is 13.7 Å². The van der Waals surface area contributed by atoms with Crippen LogP contribution < -0.4 is 10.1 Å². The van der Waals surface area contributed by atoms with E-state index >= 15 is 0 Å². The van der Waals surface area contributed by atoms with E-state index in [-0.39, 0.29) is 11.9 Å². The van der Waals surface area contributed by atoms with Gasteiger partial charge in [0, 0.05) is 12.6 Å². The SMILES string of the molecule is CCN(C(=O)CNCC1CC1)C(C)Cc1ccc(OC)cc1. The zero-order valence-corrected chi connectivity index (χ0v) is 14.0. The molecule has 1 aromatic carbocycles. The van der Waals surface area contributed by atoms with E-state index in [1.54, 1.807) is 7.11 Å². The van der Waals surface area contributed by atoms with E-state index in [0.29, 0.717) is 6.54 Å². The van der Waals surface area contributed by atoms with Crippen molar-refractivity contribution < 1.29 is 9.53 Å². The van der Waals surface area contributed by atoms with E-state index in [1.165, 1.54) is 18.4 Å². The summed E-state index contributed by atoms with van der Waals surface area (Å²) in [4.78, 5) is 14.3. The number of amides is 1. The highest BCUT2D eigenvalue weighted by Crippen LogP contribution is 2.27. The average Bonchev–Trinajstić information content (AvgIpc) is 3.33. The van der Waals surface area contributed by atoms with E-state index < -0.39 is 0 Å². The molecule has 122 valence electrons. The van der Waals surface area contributed by atoms with Gasteiger partial charge in [-0.25, -0.2) is 0 Å². The van der Waals surface area contributed by atoms with Crippen molar-refractivity contribution >= 4 is 5.91 Å². The van der Waals surface area contributed by atoms with Crippen LogP contribution in [0, 0.1) is 5.92 Å². The molecule has 1 fully saturated rings. The van der Waals surface area contributed by atoms with Crippen molar-refractivity contribution in [1.82, 2.24) is 10.2 Å². The lowest BCUT2D eigenvalue weighted by molar-refractivity contribution is -0.132. The van der Waals surface area contributed by atoms with Crippen molar-refractivity contribution in [3.8, 4) is 5.75 Å². The van der Waals surface area contributed by atoms with E-state index in [2.05, 4.69) is 24.4 Å². The molecule has 1 aliphatic rings. The van der Waals surface area contributed by atoms with Gasteiger partial charge in [-0.05, 0) is 63.3 Å². The standard InChI is InChI=1S/C18H28N2O2/c1-4-20(18(21)13-19-12-16-5-6-16)14(2)11-15-7-9-17(22-3)10-8-15/h7-10,14,16,19H,4-6,11-13H2,1-3H3. The second kappa shape index (κ2) is 8.18. The zero-order chi connectivity index (χ0) is 15.9. The number of likely N-dealkylation sites (N-methyl/N-ethyl adjacent to an activating group) is 1. The fourth-order valence-corrected chi connectivity index (χ4v) is 2.75. The van der Waals surface area contributed by atoms with E-state index in [4.69, 9.17) is 4.74 Å². The fourth-order valence-electron chi connectivity index (χ4n) is 2.75. The smallest absolute Gasteiger partial charge is 0.236 e. The molecule has 0 heterocycles. The van der Waals surface area contributed by atoms with Gasteiger partial charge in [0.2, 0.25) is 5.91 Å². The van der Waals surface area contributed by atoms with Crippen molar-refractivity contribution in [2.24, 2.45) is 5.92 Å². The van der Waals surface area contributed by atoms with Crippen LogP contribution in [0.25, 0.3) is 0 Å². The van der Waals surface area contributed by atoms with Crippen LogP contribution in [-0.4, -0.2) is 43.6 Å². The van der Waals surface area contributed by atoms with Crippen molar-refractivity contribution in [3.63, 3.8) is 0 Å². The van der Waals surface area contributed by atoms with Crippen LogP contribution in [0.15, 0.2) is 24.3 Å². The van der Waals surface area contributed by atoms with Crippen molar-refractivity contribution in [3.05, 3.63) is 29.8 Å². The van der Waals surface area contributed by atoms with Crippen LogP contribution in [0.2, 0.25) is 0 Å². The Balaban J connectivity index is 1.83. The van der Waals surface area contributed by atoms with Gasteiger partial charge in [0.25, 0.3) is 0 Å². The number of carbonyl (C=O) groups excluding carboxylic acids is 1. The first kappa shape index (κ1) is 16.8. The predicted molar refractivity (Wildman–Crippen MR) is 89.1 cm³/mol. The summed E-state index contributed by atoms with van der Waals surface area (Å²) in [6.45, 7) is 6.35. The number of nitrogens with one attached hydrogen (secondary N) is 1. The minimum atomic E-state index is 0.198. The lowest BCUT2D eigenvalue weighted by Crippen LogP contribution is -2.44. The first-order valence-corrected chi connectivity index (χ1v) is 8.27. The summed E-state index contributed by atoms with van der Waals surface area (Å²) in [5.74, 6) is 1.87. The minimum Gasteiger partial charge on any atom is -0.497 e. The molecule has 0 radical (unpaired) electrons. The Morgan fingerprint density at radius 2 is 2.05 bits per heavy atom.